The van der Waals surface area contributed by atoms with E-state index in [0.29, 0.717) is 29.9 Å². The van der Waals surface area contributed by atoms with Crippen LogP contribution >= 0.6 is 0 Å². The number of hydrogen-bond donors (Lipinski definition) is 1. The van der Waals surface area contributed by atoms with E-state index in [-0.39, 0.29) is 30.6 Å². The highest BCUT2D eigenvalue weighted by molar-refractivity contribution is 6.46. The minimum Gasteiger partial charge on any atom is -0.507 e. The monoisotopic (exact) mass is 449 g/mol. The van der Waals surface area contributed by atoms with Gasteiger partial charge in [0.1, 0.15) is 30.0 Å². The maximum Gasteiger partial charge on any atom is 0.295 e. The lowest BCUT2D eigenvalue weighted by molar-refractivity contribution is -0.140. The van der Waals surface area contributed by atoms with Crippen molar-refractivity contribution >= 4 is 17.4 Å². The maximum absolute atomic E-state index is 13.1. The number of likely N-dealkylation sites (tertiary alicyclic amines) is 1. The Morgan fingerprint density at radius 3 is 2.85 bits per heavy atom. The van der Waals surface area contributed by atoms with Crippen molar-refractivity contribution in [3.8, 4) is 11.5 Å². The van der Waals surface area contributed by atoms with Crippen LogP contribution in [0.25, 0.3) is 5.76 Å². The van der Waals surface area contributed by atoms with E-state index in [0.717, 1.165) is 11.3 Å². The molecule has 0 bridgehead atoms. The summed E-state index contributed by atoms with van der Waals surface area (Å²) in [5, 5.41) is 11.3. The summed E-state index contributed by atoms with van der Waals surface area (Å²) in [5.74, 6) is -0.264. The number of fused-ring (bicyclic) bond motifs is 1. The molecule has 2 aliphatic heterocycles. The molecule has 2 unspecified atom stereocenters. The standard InChI is InChI=1S/C26H27NO6/c1-4-11-32-20-7-5-6-17(15-20)23-22(25(29)26(30)27(23)10-12-31-3)24(28)18-8-9-21-19(14-18)13-16(2)33-21/h4-9,14-16,23,28H,1,10-13H2,2-3H3/b24-22-. The molecule has 0 saturated carbocycles. The third kappa shape index (κ3) is 4.36. The summed E-state index contributed by atoms with van der Waals surface area (Å²) < 4.78 is 16.5. The second-order valence-electron chi connectivity index (χ2n) is 8.11. The molecule has 1 saturated heterocycles. The van der Waals surface area contributed by atoms with Crippen molar-refractivity contribution in [2.24, 2.45) is 0 Å². The van der Waals surface area contributed by atoms with E-state index in [1.807, 2.05) is 19.1 Å². The molecule has 2 heterocycles. The van der Waals surface area contributed by atoms with Gasteiger partial charge in [-0.05, 0) is 48.4 Å². The molecule has 0 spiro atoms. The van der Waals surface area contributed by atoms with Crippen LogP contribution in [0.1, 0.15) is 29.7 Å². The van der Waals surface area contributed by atoms with Gasteiger partial charge in [-0.3, -0.25) is 9.59 Å². The van der Waals surface area contributed by atoms with Crippen molar-refractivity contribution in [1.82, 2.24) is 4.90 Å². The highest BCUT2D eigenvalue weighted by Crippen LogP contribution is 2.41. The van der Waals surface area contributed by atoms with Gasteiger partial charge in [-0.1, -0.05) is 24.8 Å². The number of ether oxygens (including phenoxy) is 3. The number of carbonyl (C=O) groups is 2. The maximum atomic E-state index is 13.1. The normalized spacial score (nSPS) is 21.1. The van der Waals surface area contributed by atoms with Crippen LogP contribution in [0.4, 0.5) is 0 Å². The van der Waals surface area contributed by atoms with Crippen LogP contribution in [0.2, 0.25) is 0 Å². The summed E-state index contributed by atoms with van der Waals surface area (Å²) in [5.41, 5.74) is 2.13. The Labute approximate surface area is 192 Å². The molecule has 0 radical (unpaired) electrons. The first-order chi connectivity index (χ1) is 15.9. The molecule has 2 aromatic rings. The molecule has 7 nitrogen and oxygen atoms in total. The molecular weight excluding hydrogens is 422 g/mol. The topological polar surface area (TPSA) is 85.3 Å². The van der Waals surface area contributed by atoms with Gasteiger partial charge in [-0.15, -0.1) is 0 Å². The van der Waals surface area contributed by atoms with Crippen molar-refractivity contribution in [3.05, 3.63) is 77.4 Å². The zero-order valence-corrected chi connectivity index (χ0v) is 18.7. The van der Waals surface area contributed by atoms with Crippen LogP contribution in [0.15, 0.2) is 60.7 Å². The van der Waals surface area contributed by atoms with Crippen molar-refractivity contribution in [3.63, 3.8) is 0 Å². The van der Waals surface area contributed by atoms with Gasteiger partial charge in [0.05, 0.1) is 18.2 Å². The van der Waals surface area contributed by atoms with E-state index in [1.165, 1.54) is 12.0 Å². The fourth-order valence-corrected chi connectivity index (χ4v) is 4.30. The van der Waals surface area contributed by atoms with Gasteiger partial charge in [0.15, 0.2) is 0 Å². The van der Waals surface area contributed by atoms with Gasteiger partial charge in [0.25, 0.3) is 11.7 Å². The van der Waals surface area contributed by atoms with Gasteiger partial charge in [0, 0.05) is 25.6 Å². The first kappa shape index (κ1) is 22.6. The molecule has 33 heavy (non-hydrogen) atoms. The summed E-state index contributed by atoms with van der Waals surface area (Å²) in [6, 6.07) is 11.7. The Hall–Kier alpha value is -3.58. The van der Waals surface area contributed by atoms with Crippen molar-refractivity contribution < 1.29 is 28.9 Å². The molecule has 7 heteroatoms. The Morgan fingerprint density at radius 1 is 1.27 bits per heavy atom. The van der Waals surface area contributed by atoms with E-state index in [9.17, 15) is 14.7 Å². The van der Waals surface area contributed by atoms with Crippen LogP contribution in [-0.4, -0.2) is 54.7 Å². The Morgan fingerprint density at radius 2 is 2.09 bits per heavy atom. The highest BCUT2D eigenvalue weighted by Gasteiger charge is 2.46. The second kappa shape index (κ2) is 9.50. The van der Waals surface area contributed by atoms with Crippen molar-refractivity contribution in [2.75, 3.05) is 26.9 Å². The van der Waals surface area contributed by atoms with Gasteiger partial charge >= 0.3 is 0 Å². The van der Waals surface area contributed by atoms with E-state index in [2.05, 4.69) is 6.58 Å². The molecule has 0 aromatic heterocycles. The predicted octanol–water partition coefficient (Wildman–Crippen LogP) is 3.64. The number of aliphatic hydroxyl groups excluding tert-OH is 1. The predicted molar refractivity (Wildman–Crippen MR) is 123 cm³/mol. The van der Waals surface area contributed by atoms with Gasteiger partial charge in [-0.25, -0.2) is 0 Å². The summed E-state index contributed by atoms with van der Waals surface area (Å²) in [6.45, 7) is 6.41. The van der Waals surface area contributed by atoms with Crippen molar-refractivity contribution in [2.45, 2.75) is 25.5 Å². The fraction of sp³-hybridized carbons (Fsp3) is 0.308. The zero-order valence-electron chi connectivity index (χ0n) is 18.7. The SMILES string of the molecule is C=CCOc1cccc(C2/C(=C(/O)c3ccc4c(c3)CC(C)O4)C(=O)C(=O)N2CCOC)c1. The summed E-state index contributed by atoms with van der Waals surface area (Å²) in [4.78, 5) is 27.5. The van der Waals surface area contributed by atoms with E-state index >= 15 is 0 Å². The zero-order chi connectivity index (χ0) is 23.5. The lowest BCUT2D eigenvalue weighted by Gasteiger charge is -2.25. The van der Waals surface area contributed by atoms with E-state index in [1.54, 1.807) is 36.4 Å². The molecule has 1 N–H and O–H groups in total. The third-order valence-corrected chi connectivity index (χ3v) is 5.79. The molecule has 2 aliphatic rings. The smallest absolute Gasteiger partial charge is 0.295 e. The quantitative estimate of drug-likeness (QED) is 0.287. The van der Waals surface area contributed by atoms with Crippen LogP contribution in [0.3, 0.4) is 0 Å². The molecule has 0 aliphatic carbocycles. The van der Waals surface area contributed by atoms with Gasteiger partial charge in [-0.2, -0.15) is 0 Å². The summed E-state index contributed by atoms with van der Waals surface area (Å²) >= 11 is 0. The van der Waals surface area contributed by atoms with Gasteiger partial charge < -0.3 is 24.2 Å². The number of Topliss-reactive ketones (excluding diaryl/α,β-unsaturated/α-hetero) is 1. The minimum atomic E-state index is -0.768. The number of benzene rings is 2. The molecular formula is C26H27NO6. The molecule has 172 valence electrons. The number of carbonyl (C=O) groups excluding carboxylic acids is 2. The number of hydrogen-bond acceptors (Lipinski definition) is 6. The highest BCUT2D eigenvalue weighted by atomic mass is 16.5. The Balaban J connectivity index is 1.81. The molecule has 2 atom stereocenters. The average Bonchev–Trinajstić information content (AvgIpc) is 3.31. The number of rotatable bonds is 8. The number of nitrogens with zero attached hydrogens (tertiary/aromatic N) is 1. The summed E-state index contributed by atoms with van der Waals surface area (Å²) in [6.07, 6.45) is 2.40. The number of methoxy groups -OCH3 is 1. The largest absolute Gasteiger partial charge is 0.507 e. The molecule has 4 rings (SSSR count). The third-order valence-electron chi connectivity index (χ3n) is 5.79. The van der Waals surface area contributed by atoms with Crippen LogP contribution < -0.4 is 9.47 Å². The van der Waals surface area contributed by atoms with Crippen LogP contribution in [0, 0.1) is 0 Å². The first-order valence-corrected chi connectivity index (χ1v) is 10.9. The fourth-order valence-electron chi connectivity index (χ4n) is 4.30. The lowest BCUT2D eigenvalue weighted by Crippen LogP contribution is -2.32. The van der Waals surface area contributed by atoms with E-state index in [4.69, 9.17) is 14.2 Å². The number of ketones is 1. The van der Waals surface area contributed by atoms with Gasteiger partial charge in [0.2, 0.25) is 0 Å². The second-order valence-corrected chi connectivity index (χ2v) is 8.11. The first-order valence-electron chi connectivity index (χ1n) is 10.9. The molecule has 1 fully saturated rings. The minimum absolute atomic E-state index is 0.0453. The lowest BCUT2D eigenvalue weighted by atomic mass is 9.94. The Kier molecular flexibility index (Phi) is 6.51. The Bertz CT molecular complexity index is 1120. The number of amides is 1. The van der Waals surface area contributed by atoms with E-state index < -0.39 is 17.7 Å². The molecule has 2 aromatic carbocycles. The van der Waals surface area contributed by atoms with Crippen LogP contribution in [0.5, 0.6) is 11.5 Å². The average molecular weight is 450 g/mol. The van der Waals surface area contributed by atoms with Crippen molar-refractivity contribution in [1.29, 1.82) is 0 Å². The molecule has 1 amide bonds. The summed E-state index contributed by atoms with van der Waals surface area (Å²) in [7, 11) is 1.53. The van der Waals surface area contributed by atoms with Crippen LogP contribution in [-0.2, 0) is 20.7 Å². The number of aliphatic hydroxyl groups is 1.